The molecule has 7 nitrogen and oxygen atoms in total. The van der Waals surface area contributed by atoms with Crippen molar-refractivity contribution in [1.29, 1.82) is 0 Å². The molecule has 134 valence electrons. The number of nitrogens with one attached hydrogen (secondary N) is 1. The van der Waals surface area contributed by atoms with Crippen LogP contribution in [0.5, 0.6) is 11.5 Å². The molecule has 2 aliphatic heterocycles. The van der Waals surface area contributed by atoms with Crippen molar-refractivity contribution in [3.63, 3.8) is 0 Å². The van der Waals surface area contributed by atoms with Crippen molar-refractivity contribution < 1.29 is 19.1 Å². The number of hydrogen-bond donors (Lipinski definition) is 1. The molecule has 1 aromatic rings. The van der Waals surface area contributed by atoms with Crippen LogP contribution in [0.3, 0.4) is 0 Å². The minimum atomic E-state index is -0.267. The molecule has 1 aromatic carbocycles. The van der Waals surface area contributed by atoms with Crippen LogP contribution >= 0.6 is 0 Å². The van der Waals surface area contributed by atoms with E-state index in [1.807, 2.05) is 26.0 Å². The van der Waals surface area contributed by atoms with Crippen LogP contribution in [0, 0.1) is 0 Å². The Hall–Kier alpha value is -2.57. The highest BCUT2D eigenvalue weighted by Gasteiger charge is 2.24. The molecular weight excluding hydrogens is 322 g/mol. The molecule has 1 unspecified atom stereocenters. The highest BCUT2D eigenvalue weighted by atomic mass is 16.5. The van der Waals surface area contributed by atoms with E-state index in [9.17, 15) is 9.59 Å². The molecule has 1 N–H and O–H groups in total. The normalized spacial score (nSPS) is 19.2. The smallest absolute Gasteiger partial charge is 0.267 e. The first-order chi connectivity index (χ1) is 12.0. The number of carbonyl (C=O) groups excluding carboxylic acids is 2. The summed E-state index contributed by atoms with van der Waals surface area (Å²) in [5.41, 5.74) is 2.36. The third kappa shape index (κ3) is 3.75. The summed E-state index contributed by atoms with van der Waals surface area (Å²) < 4.78 is 11.5. The van der Waals surface area contributed by atoms with Crippen LogP contribution in [0.2, 0.25) is 0 Å². The van der Waals surface area contributed by atoms with Gasteiger partial charge in [0.25, 0.3) is 5.91 Å². The summed E-state index contributed by atoms with van der Waals surface area (Å²) in [6.07, 6.45) is 1.67. The van der Waals surface area contributed by atoms with E-state index in [1.54, 1.807) is 7.05 Å². The second kappa shape index (κ2) is 7.13. The molecule has 0 aliphatic carbocycles. The average Bonchev–Trinajstić information content (AvgIpc) is 2.94. The lowest BCUT2D eigenvalue weighted by Crippen LogP contribution is -2.37. The first-order valence-corrected chi connectivity index (χ1v) is 8.55. The average molecular weight is 345 g/mol. The fraction of sp³-hybridized carbons (Fsp3) is 0.500. The number of fused-ring (bicyclic) bond motifs is 1. The summed E-state index contributed by atoms with van der Waals surface area (Å²) in [6.45, 7) is 4.82. The van der Waals surface area contributed by atoms with Crippen molar-refractivity contribution in [2.45, 2.75) is 45.8 Å². The summed E-state index contributed by atoms with van der Waals surface area (Å²) in [6, 6.07) is 3.93. The molecule has 0 spiro atoms. The Bertz CT molecular complexity index is 729. The summed E-state index contributed by atoms with van der Waals surface area (Å²) >= 11 is 0. The predicted octanol–water partition coefficient (Wildman–Crippen LogP) is 1.63. The van der Waals surface area contributed by atoms with Crippen molar-refractivity contribution in [3.8, 4) is 11.5 Å². The quantitative estimate of drug-likeness (QED) is 0.880. The molecule has 25 heavy (non-hydrogen) atoms. The van der Waals surface area contributed by atoms with Gasteiger partial charge in [0.1, 0.15) is 23.3 Å². The Balaban J connectivity index is 1.72. The minimum absolute atomic E-state index is 0.0833. The van der Waals surface area contributed by atoms with Crippen LogP contribution in [0.25, 0.3) is 0 Å². The van der Waals surface area contributed by atoms with Gasteiger partial charge >= 0.3 is 0 Å². The molecule has 0 fully saturated rings. The number of hydrazone groups is 1. The topological polar surface area (TPSA) is 80.2 Å². The van der Waals surface area contributed by atoms with Crippen molar-refractivity contribution in [1.82, 2.24) is 10.3 Å². The molecular formula is C18H23N3O4. The predicted molar refractivity (Wildman–Crippen MR) is 92.7 cm³/mol. The zero-order valence-electron chi connectivity index (χ0n) is 14.8. The van der Waals surface area contributed by atoms with Crippen LogP contribution in [0.4, 0.5) is 0 Å². The van der Waals surface area contributed by atoms with Crippen LogP contribution in [-0.2, 0) is 22.6 Å². The van der Waals surface area contributed by atoms with Crippen LogP contribution < -0.4 is 14.8 Å². The number of carbonyl (C=O) groups is 2. The van der Waals surface area contributed by atoms with Crippen LogP contribution in [0.15, 0.2) is 17.2 Å². The van der Waals surface area contributed by atoms with Gasteiger partial charge in [-0.05, 0) is 26.0 Å². The summed E-state index contributed by atoms with van der Waals surface area (Å²) in [7, 11) is 1.56. The molecule has 0 saturated carbocycles. The maximum absolute atomic E-state index is 12.3. The lowest BCUT2D eigenvalue weighted by atomic mass is 10.1. The van der Waals surface area contributed by atoms with E-state index in [0.717, 1.165) is 29.0 Å². The van der Waals surface area contributed by atoms with Crippen molar-refractivity contribution in [3.05, 3.63) is 23.3 Å². The fourth-order valence-electron chi connectivity index (χ4n) is 3.02. The summed E-state index contributed by atoms with van der Waals surface area (Å²) in [5, 5.41) is 8.11. The highest BCUT2D eigenvalue weighted by molar-refractivity contribution is 6.39. The third-order valence-corrected chi connectivity index (χ3v) is 4.29. The Morgan fingerprint density at radius 2 is 2.24 bits per heavy atom. The van der Waals surface area contributed by atoms with Gasteiger partial charge < -0.3 is 14.8 Å². The molecule has 7 heteroatoms. The number of nitrogens with zero attached hydrogens (tertiary/aromatic N) is 2. The van der Waals surface area contributed by atoms with Gasteiger partial charge in [-0.1, -0.05) is 0 Å². The monoisotopic (exact) mass is 345 g/mol. The van der Waals surface area contributed by atoms with Gasteiger partial charge in [-0.3, -0.25) is 9.59 Å². The Kier molecular flexibility index (Phi) is 4.92. The maximum atomic E-state index is 12.3. The molecule has 2 aliphatic rings. The second-order valence-electron chi connectivity index (χ2n) is 6.28. The van der Waals surface area contributed by atoms with E-state index in [1.165, 1.54) is 5.01 Å². The number of rotatable bonds is 5. The van der Waals surface area contributed by atoms with Gasteiger partial charge in [-0.2, -0.15) is 5.10 Å². The first kappa shape index (κ1) is 17.3. The van der Waals surface area contributed by atoms with E-state index in [0.29, 0.717) is 31.7 Å². The van der Waals surface area contributed by atoms with E-state index in [-0.39, 0.29) is 17.9 Å². The van der Waals surface area contributed by atoms with Crippen LogP contribution in [-0.4, -0.2) is 42.3 Å². The summed E-state index contributed by atoms with van der Waals surface area (Å²) in [5.74, 6) is 1.26. The lowest BCUT2D eigenvalue weighted by Gasteiger charge is -2.19. The molecule has 0 aromatic heterocycles. The Morgan fingerprint density at radius 3 is 2.96 bits per heavy atom. The number of benzene rings is 1. The van der Waals surface area contributed by atoms with Gasteiger partial charge in [0.05, 0.1) is 6.61 Å². The second-order valence-corrected chi connectivity index (χ2v) is 6.28. The largest absolute Gasteiger partial charge is 0.494 e. The van der Waals surface area contributed by atoms with Gasteiger partial charge in [-0.25, -0.2) is 5.01 Å². The highest BCUT2D eigenvalue weighted by Crippen LogP contribution is 2.35. The lowest BCUT2D eigenvalue weighted by molar-refractivity contribution is -0.130. The molecule has 1 atom stereocenters. The molecule has 0 radical (unpaired) electrons. The molecule has 3 rings (SSSR count). The van der Waals surface area contributed by atoms with Crippen LogP contribution in [0.1, 0.15) is 37.8 Å². The fourth-order valence-corrected chi connectivity index (χ4v) is 3.02. The van der Waals surface area contributed by atoms with Gasteiger partial charge in [-0.15, -0.1) is 0 Å². The Labute approximate surface area is 147 Å². The van der Waals surface area contributed by atoms with E-state index in [4.69, 9.17) is 9.47 Å². The maximum Gasteiger partial charge on any atom is 0.267 e. The van der Waals surface area contributed by atoms with Gasteiger partial charge in [0, 0.05) is 44.0 Å². The van der Waals surface area contributed by atoms with Crippen molar-refractivity contribution in [2.24, 2.45) is 5.10 Å². The number of hydrogen-bond acceptors (Lipinski definition) is 5. The summed E-state index contributed by atoms with van der Waals surface area (Å²) in [4.78, 5) is 23.8. The standard InChI is InChI=1S/C18H23N3O4/c1-4-24-15-8-12-7-11(2)25-16(12)9-13(15)10-19-18(23)14-5-6-17(22)21(3)20-14/h8-9,11H,4-7,10H2,1-3H3,(H,19,23). The Morgan fingerprint density at radius 1 is 1.44 bits per heavy atom. The number of ether oxygens (including phenoxy) is 2. The van der Waals surface area contributed by atoms with Crippen molar-refractivity contribution in [2.75, 3.05) is 13.7 Å². The third-order valence-electron chi connectivity index (χ3n) is 4.29. The molecule has 0 bridgehead atoms. The zero-order chi connectivity index (χ0) is 18.0. The van der Waals surface area contributed by atoms with E-state index < -0.39 is 0 Å². The van der Waals surface area contributed by atoms with E-state index >= 15 is 0 Å². The molecule has 0 saturated heterocycles. The van der Waals surface area contributed by atoms with Crippen molar-refractivity contribution >= 4 is 17.5 Å². The van der Waals surface area contributed by atoms with Gasteiger partial charge in [0.2, 0.25) is 5.91 Å². The minimum Gasteiger partial charge on any atom is -0.494 e. The molecule has 2 heterocycles. The number of amides is 2. The zero-order valence-corrected chi connectivity index (χ0v) is 14.8. The van der Waals surface area contributed by atoms with Gasteiger partial charge in [0.15, 0.2) is 0 Å². The SMILES string of the molecule is CCOc1cc2c(cc1CNC(=O)C1=NN(C)C(=O)CC1)OC(C)C2. The molecule has 2 amide bonds. The first-order valence-electron chi connectivity index (χ1n) is 8.55. The van der Waals surface area contributed by atoms with E-state index in [2.05, 4.69) is 10.4 Å².